The number of thiophene rings is 1. The quantitative estimate of drug-likeness (QED) is 0.785. The number of fused-ring (bicyclic) bond motifs is 1. The summed E-state index contributed by atoms with van der Waals surface area (Å²) >= 11 is 1.38. The summed E-state index contributed by atoms with van der Waals surface area (Å²) in [6.07, 6.45) is -0.379. The van der Waals surface area contributed by atoms with Crippen LogP contribution in [0, 0.1) is 12.7 Å². The summed E-state index contributed by atoms with van der Waals surface area (Å²) in [7, 11) is 1.33. The van der Waals surface area contributed by atoms with Crippen molar-refractivity contribution in [3.8, 4) is 5.75 Å². The van der Waals surface area contributed by atoms with Gasteiger partial charge < -0.3 is 9.84 Å². The summed E-state index contributed by atoms with van der Waals surface area (Å²) in [6.45, 7) is 1.62. The number of carbonyl (C=O) groups excluding carboxylic acids is 1. The third-order valence-electron chi connectivity index (χ3n) is 3.92. The van der Waals surface area contributed by atoms with Gasteiger partial charge in [0.25, 0.3) is 5.91 Å². The van der Waals surface area contributed by atoms with Crippen molar-refractivity contribution in [3.63, 3.8) is 0 Å². The molecular weight excluding hydrogens is 333 g/mol. The molecule has 3 aromatic rings. The summed E-state index contributed by atoms with van der Waals surface area (Å²) in [5.41, 5.74) is 1.49. The Morgan fingerprint density at radius 3 is 2.67 bits per heavy atom. The van der Waals surface area contributed by atoms with Crippen LogP contribution in [0.3, 0.4) is 0 Å². The molecule has 0 aliphatic carbocycles. The number of methoxy groups -OCH3 is 1. The zero-order valence-corrected chi connectivity index (χ0v) is 13.8. The fourth-order valence-electron chi connectivity index (χ4n) is 2.82. The monoisotopic (exact) mass is 347 g/mol. The Kier molecular flexibility index (Phi) is 4.11. The number of carboxylic acid groups (broad SMARTS) is 1. The molecule has 5 nitrogen and oxygen atoms in total. The van der Waals surface area contributed by atoms with E-state index >= 15 is 0 Å². The van der Waals surface area contributed by atoms with Gasteiger partial charge in [-0.05, 0) is 36.1 Å². The highest BCUT2D eigenvalue weighted by molar-refractivity contribution is 7.08. The normalized spacial score (nSPS) is 11.0. The highest BCUT2D eigenvalue weighted by atomic mass is 32.1. The van der Waals surface area contributed by atoms with Crippen LogP contribution < -0.4 is 4.74 Å². The van der Waals surface area contributed by atoms with Crippen molar-refractivity contribution >= 4 is 34.1 Å². The number of hydrogen-bond donors (Lipinski definition) is 1. The number of benzene rings is 1. The number of aliphatic carboxylic acids is 1. The standard InChI is InChI=1S/C17H14FNO4S/c1-9-11(7-14(20)21)15-12(3-4-13(23-2)16(15)18)19(9)17(22)10-5-6-24-8-10/h3-6,8H,7H2,1-2H3,(H,20,21). The lowest BCUT2D eigenvalue weighted by atomic mass is 10.1. The average molecular weight is 347 g/mol. The second-order valence-corrected chi connectivity index (χ2v) is 6.04. The smallest absolute Gasteiger partial charge is 0.307 e. The molecule has 24 heavy (non-hydrogen) atoms. The Labute approximate surface area is 140 Å². The van der Waals surface area contributed by atoms with Gasteiger partial charge in [0.15, 0.2) is 11.6 Å². The van der Waals surface area contributed by atoms with E-state index in [0.29, 0.717) is 16.8 Å². The lowest BCUT2D eigenvalue weighted by Crippen LogP contribution is -2.13. The van der Waals surface area contributed by atoms with Crippen LogP contribution in [0.2, 0.25) is 0 Å². The second-order valence-electron chi connectivity index (χ2n) is 5.26. The minimum absolute atomic E-state index is 0.00858. The van der Waals surface area contributed by atoms with Crippen molar-refractivity contribution in [3.05, 3.63) is 51.6 Å². The average Bonchev–Trinajstić information content (AvgIpc) is 3.15. The van der Waals surface area contributed by atoms with Gasteiger partial charge in [0, 0.05) is 16.5 Å². The maximum absolute atomic E-state index is 14.7. The van der Waals surface area contributed by atoms with Gasteiger partial charge in [-0.2, -0.15) is 11.3 Å². The molecule has 0 unspecified atom stereocenters. The van der Waals surface area contributed by atoms with Crippen LogP contribution in [0.25, 0.3) is 10.9 Å². The predicted molar refractivity (Wildman–Crippen MR) is 88.6 cm³/mol. The molecule has 0 aliphatic rings. The molecule has 0 saturated heterocycles. The number of nitrogens with zero attached hydrogens (tertiary/aromatic N) is 1. The number of rotatable bonds is 4. The molecule has 0 radical (unpaired) electrons. The first-order chi connectivity index (χ1) is 11.5. The van der Waals surface area contributed by atoms with Gasteiger partial charge >= 0.3 is 5.97 Å². The van der Waals surface area contributed by atoms with Crippen LogP contribution >= 0.6 is 11.3 Å². The predicted octanol–water partition coefficient (Wildman–Crippen LogP) is 3.47. The van der Waals surface area contributed by atoms with E-state index in [1.54, 1.807) is 29.8 Å². The molecule has 0 amide bonds. The number of ether oxygens (including phenoxy) is 1. The second kappa shape index (κ2) is 6.09. The van der Waals surface area contributed by atoms with Gasteiger partial charge in [-0.1, -0.05) is 0 Å². The van der Waals surface area contributed by atoms with E-state index in [9.17, 15) is 14.0 Å². The summed E-state index contributed by atoms with van der Waals surface area (Å²) in [4.78, 5) is 24.0. The SMILES string of the molecule is COc1ccc2c(c1F)c(CC(=O)O)c(C)n2C(=O)c1ccsc1. The van der Waals surface area contributed by atoms with Crippen molar-refractivity contribution in [1.82, 2.24) is 4.57 Å². The van der Waals surface area contributed by atoms with E-state index in [0.717, 1.165) is 0 Å². The Balaban J connectivity index is 2.34. The Morgan fingerprint density at radius 2 is 2.08 bits per heavy atom. The number of carboxylic acids is 1. The minimum atomic E-state index is -1.10. The molecular formula is C17H14FNO4S. The van der Waals surface area contributed by atoms with Crippen molar-refractivity contribution in [1.29, 1.82) is 0 Å². The molecule has 2 aromatic heterocycles. The highest BCUT2D eigenvalue weighted by Gasteiger charge is 2.25. The maximum atomic E-state index is 14.7. The van der Waals surface area contributed by atoms with Gasteiger partial charge in [0.05, 0.1) is 24.6 Å². The van der Waals surface area contributed by atoms with Crippen molar-refractivity contribution in [2.75, 3.05) is 7.11 Å². The van der Waals surface area contributed by atoms with E-state index in [1.165, 1.54) is 29.1 Å². The van der Waals surface area contributed by atoms with Gasteiger partial charge in [-0.25, -0.2) is 4.39 Å². The number of aromatic nitrogens is 1. The Hall–Kier alpha value is -2.67. The summed E-state index contributed by atoms with van der Waals surface area (Å²) in [5.74, 6) is -2.07. The van der Waals surface area contributed by atoms with Crippen molar-refractivity contribution in [2.24, 2.45) is 0 Å². The van der Waals surface area contributed by atoms with Gasteiger partial charge in [0.1, 0.15) is 0 Å². The topological polar surface area (TPSA) is 68.5 Å². The third-order valence-corrected chi connectivity index (χ3v) is 4.60. The van der Waals surface area contributed by atoms with Crippen LogP contribution in [0.4, 0.5) is 4.39 Å². The summed E-state index contributed by atoms with van der Waals surface area (Å²) < 4.78 is 21.1. The molecule has 0 fully saturated rings. The van der Waals surface area contributed by atoms with Crippen LogP contribution in [-0.2, 0) is 11.2 Å². The van der Waals surface area contributed by atoms with E-state index < -0.39 is 11.8 Å². The molecule has 0 saturated carbocycles. The van der Waals surface area contributed by atoms with E-state index in [4.69, 9.17) is 9.84 Å². The number of hydrogen-bond acceptors (Lipinski definition) is 4. The molecule has 1 aromatic carbocycles. The number of halogens is 1. The molecule has 0 atom stereocenters. The molecule has 0 aliphatic heterocycles. The molecule has 3 rings (SSSR count). The first kappa shape index (κ1) is 16.2. The third kappa shape index (κ3) is 2.46. The summed E-state index contributed by atoms with van der Waals surface area (Å²) in [5, 5.41) is 12.7. The molecule has 0 spiro atoms. The lowest BCUT2D eigenvalue weighted by Gasteiger charge is -2.06. The number of carbonyl (C=O) groups is 2. The molecule has 1 N–H and O–H groups in total. The fourth-order valence-corrected chi connectivity index (χ4v) is 3.45. The first-order valence-electron chi connectivity index (χ1n) is 7.10. The molecule has 124 valence electrons. The first-order valence-corrected chi connectivity index (χ1v) is 8.05. The van der Waals surface area contributed by atoms with E-state index in [1.807, 2.05) is 0 Å². The molecule has 7 heteroatoms. The zero-order valence-electron chi connectivity index (χ0n) is 13.0. The van der Waals surface area contributed by atoms with E-state index in [-0.39, 0.29) is 29.0 Å². The molecule has 2 heterocycles. The lowest BCUT2D eigenvalue weighted by molar-refractivity contribution is -0.136. The maximum Gasteiger partial charge on any atom is 0.307 e. The largest absolute Gasteiger partial charge is 0.494 e. The van der Waals surface area contributed by atoms with Crippen LogP contribution in [0.15, 0.2) is 29.0 Å². The minimum Gasteiger partial charge on any atom is -0.494 e. The highest BCUT2D eigenvalue weighted by Crippen LogP contribution is 2.34. The van der Waals surface area contributed by atoms with Crippen molar-refractivity contribution in [2.45, 2.75) is 13.3 Å². The van der Waals surface area contributed by atoms with Gasteiger partial charge in [0.2, 0.25) is 0 Å². The Bertz CT molecular complexity index is 944. The van der Waals surface area contributed by atoms with E-state index in [2.05, 4.69) is 0 Å². The van der Waals surface area contributed by atoms with Gasteiger partial charge in [-0.15, -0.1) is 0 Å². The van der Waals surface area contributed by atoms with Crippen LogP contribution in [-0.4, -0.2) is 28.7 Å². The fraction of sp³-hybridized carbons (Fsp3) is 0.176. The van der Waals surface area contributed by atoms with Crippen LogP contribution in [0.5, 0.6) is 5.75 Å². The zero-order chi connectivity index (χ0) is 17.4. The summed E-state index contributed by atoms with van der Waals surface area (Å²) in [6, 6.07) is 4.67. The molecule has 0 bridgehead atoms. The Morgan fingerprint density at radius 1 is 1.33 bits per heavy atom. The van der Waals surface area contributed by atoms with Gasteiger partial charge in [-0.3, -0.25) is 14.2 Å². The van der Waals surface area contributed by atoms with Crippen LogP contribution in [0.1, 0.15) is 21.6 Å². The van der Waals surface area contributed by atoms with Crippen molar-refractivity contribution < 1.29 is 23.8 Å².